The fourth-order valence-corrected chi connectivity index (χ4v) is 2.65. The quantitative estimate of drug-likeness (QED) is 0.759. The predicted octanol–water partition coefficient (Wildman–Crippen LogP) is 2.34. The lowest BCUT2D eigenvalue weighted by Gasteiger charge is -2.28. The molecule has 24 heavy (non-hydrogen) atoms. The van der Waals surface area contributed by atoms with Gasteiger partial charge in [-0.3, -0.25) is 0 Å². The third kappa shape index (κ3) is 4.11. The van der Waals surface area contributed by atoms with Crippen LogP contribution in [0.3, 0.4) is 0 Å². The number of sulfone groups is 1. The highest BCUT2D eigenvalue weighted by atomic mass is 32.2. The van der Waals surface area contributed by atoms with E-state index in [1.165, 1.54) is 0 Å². The largest absolute Gasteiger partial charge is 0.454 e. The summed E-state index contributed by atoms with van der Waals surface area (Å²) in [5, 5.41) is 15.4. The van der Waals surface area contributed by atoms with Crippen LogP contribution in [0.25, 0.3) is 0 Å². The van der Waals surface area contributed by atoms with Crippen LogP contribution < -0.4 is 20.1 Å². The Morgan fingerprint density at radius 1 is 1.33 bits per heavy atom. The summed E-state index contributed by atoms with van der Waals surface area (Å²) in [5.74, 6) is 1.33. The van der Waals surface area contributed by atoms with Crippen LogP contribution in [0, 0.1) is 11.3 Å². The Hall–Kier alpha value is -2.40. The van der Waals surface area contributed by atoms with E-state index in [4.69, 9.17) is 9.47 Å². The van der Waals surface area contributed by atoms with Gasteiger partial charge in [-0.05, 0) is 32.4 Å². The number of anilines is 1. The van der Waals surface area contributed by atoms with E-state index in [2.05, 4.69) is 10.6 Å². The second kappa shape index (κ2) is 6.61. The molecule has 1 aromatic carbocycles. The van der Waals surface area contributed by atoms with E-state index in [0.717, 1.165) is 12.7 Å². The number of ether oxygens (including phenoxy) is 2. The van der Waals surface area contributed by atoms with Gasteiger partial charge in [0.2, 0.25) is 6.79 Å². The first-order chi connectivity index (χ1) is 11.2. The third-order valence-corrected chi connectivity index (χ3v) is 4.73. The minimum atomic E-state index is -3.69. The second-order valence-corrected chi connectivity index (χ2v) is 8.10. The molecule has 0 amide bonds. The minimum absolute atomic E-state index is 0.144. The van der Waals surface area contributed by atoms with Crippen molar-refractivity contribution in [3.05, 3.63) is 28.9 Å². The normalized spacial score (nSPS) is 14.6. The lowest BCUT2D eigenvalue weighted by molar-refractivity contribution is 0.174. The molecule has 1 aromatic rings. The number of nitrogens with one attached hydrogen (secondary N) is 2. The van der Waals surface area contributed by atoms with Crippen LogP contribution in [0.2, 0.25) is 0 Å². The zero-order valence-electron chi connectivity index (χ0n) is 14.1. The average Bonchev–Trinajstić information content (AvgIpc) is 2.93. The second-order valence-electron chi connectivity index (χ2n) is 6.14. The van der Waals surface area contributed by atoms with Crippen molar-refractivity contribution in [1.82, 2.24) is 5.32 Å². The Bertz CT molecular complexity index is 807. The van der Waals surface area contributed by atoms with E-state index in [1.807, 2.05) is 20.8 Å². The molecule has 0 fully saturated rings. The van der Waals surface area contributed by atoms with E-state index in [1.54, 1.807) is 24.3 Å². The SMILES string of the molecule is CCC(C)(C)NC(Nc1ccc2c(c1)OCO2)=C(C#N)S(C)(=O)=O. The van der Waals surface area contributed by atoms with E-state index in [9.17, 15) is 13.7 Å². The molecule has 0 spiro atoms. The van der Waals surface area contributed by atoms with Crippen molar-refractivity contribution >= 4 is 15.5 Å². The first-order valence-corrected chi connectivity index (χ1v) is 9.35. The van der Waals surface area contributed by atoms with Gasteiger partial charge in [0, 0.05) is 23.5 Å². The number of hydrogen-bond donors (Lipinski definition) is 2. The Morgan fingerprint density at radius 3 is 2.58 bits per heavy atom. The van der Waals surface area contributed by atoms with Crippen LogP contribution >= 0.6 is 0 Å². The molecule has 2 rings (SSSR count). The zero-order chi connectivity index (χ0) is 18.0. The molecule has 0 saturated heterocycles. The number of allylic oxidation sites excluding steroid dienone is 1. The number of fused-ring (bicyclic) bond motifs is 1. The van der Waals surface area contributed by atoms with Crippen molar-refractivity contribution in [2.45, 2.75) is 32.7 Å². The summed E-state index contributed by atoms with van der Waals surface area (Å²) >= 11 is 0. The van der Waals surface area contributed by atoms with Crippen molar-refractivity contribution < 1.29 is 17.9 Å². The van der Waals surface area contributed by atoms with Gasteiger partial charge in [-0.1, -0.05) is 6.92 Å². The van der Waals surface area contributed by atoms with Crippen LogP contribution in [-0.4, -0.2) is 27.0 Å². The van der Waals surface area contributed by atoms with Crippen LogP contribution in [0.5, 0.6) is 11.5 Å². The molecule has 130 valence electrons. The summed E-state index contributed by atoms with van der Waals surface area (Å²) in [5.41, 5.74) is 0.191. The lowest BCUT2D eigenvalue weighted by Crippen LogP contribution is -2.41. The Balaban J connectivity index is 2.43. The molecule has 0 unspecified atom stereocenters. The number of rotatable bonds is 6. The van der Waals surface area contributed by atoms with Gasteiger partial charge >= 0.3 is 0 Å². The molecule has 1 aliphatic heterocycles. The standard InChI is InChI=1S/C16H21N3O4S/c1-5-16(2,3)19-15(14(9-17)24(4,20)21)18-11-6-7-12-13(8-11)23-10-22-12/h6-8,18-19H,5,10H2,1-4H3. The summed E-state index contributed by atoms with van der Waals surface area (Å²) in [4.78, 5) is -0.346. The predicted molar refractivity (Wildman–Crippen MR) is 91.2 cm³/mol. The van der Waals surface area contributed by atoms with Crippen molar-refractivity contribution in [1.29, 1.82) is 5.26 Å². The fourth-order valence-electron chi connectivity index (χ4n) is 2.01. The van der Waals surface area contributed by atoms with Crippen LogP contribution in [0.15, 0.2) is 28.9 Å². The first-order valence-electron chi connectivity index (χ1n) is 7.45. The van der Waals surface area contributed by atoms with Gasteiger partial charge in [0.05, 0.1) is 0 Å². The van der Waals surface area contributed by atoms with Crippen molar-refractivity contribution in [2.24, 2.45) is 0 Å². The highest BCUT2D eigenvalue weighted by Crippen LogP contribution is 2.34. The maximum Gasteiger partial charge on any atom is 0.231 e. The summed E-state index contributed by atoms with van der Waals surface area (Å²) in [6, 6.07) is 6.92. The molecule has 8 heteroatoms. The maximum atomic E-state index is 12.0. The number of benzene rings is 1. The topological polar surface area (TPSA) is 100 Å². The third-order valence-electron chi connectivity index (χ3n) is 3.69. The summed E-state index contributed by atoms with van der Waals surface area (Å²) in [6.07, 6.45) is 1.75. The molecule has 0 aliphatic carbocycles. The average molecular weight is 351 g/mol. The monoisotopic (exact) mass is 351 g/mol. The van der Waals surface area contributed by atoms with E-state index < -0.39 is 15.4 Å². The molecular weight excluding hydrogens is 330 g/mol. The van der Waals surface area contributed by atoms with E-state index >= 15 is 0 Å². The van der Waals surface area contributed by atoms with Gasteiger partial charge in [-0.15, -0.1) is 0 Å². The maximum absolute atomic E-state index is 12.0. The zero-order valence-corrected chi connectivity index (χ0v) is 15.0. The Kier molecular flexibility index (Phi) is 4.94. The molecule has 2 N–H and O–H groups in total. The van der Waals surface area contributed by atoms with Gasteiger partial charge in [0.15, 0.2) is 26.2 Å². The number of nitrogens with zero attached hydrogens (tertiary/aromatic N) is 1. The minimum Gasteiger partial charge on any atom is -0.454 e. The van der Waals surface area contributed by atoms with Crippen molar-refractivity contribution in [2.75, 3.05) is 18.4 Å². The van der Waals surface area contributed by atoms with Gasteiger partial charge < -0.3 is 20.1 Å². The Morgan fingerprint density at radius 2 is 2.00 bits per heavy atom. The molecule has 0 bridgehead atoms. The first kappa shape index (κ1) is 17.9. The molecular formula is C16H21N3O4S. The molecule has 1 heterocycles. The Labute approximate surface area is 142 Å². The highest BCUT2D eigenvalue weighted by molar-refractivity contribution is 7.94. The van der Waals surface area contributed by atoms with E-state index in [-0.39, 0.29) is 17.5 Å². The molecule has 0 aromatic heterocycles. The van der Waals surface area contributed by atoms with E-state index in [0.29, 0.717) is 17.2 Å². The number of hydrogen-bond acceptors (Lipinski definition) is 7. The van der Waals surface area contributed by atoms with Crippen LogP contribution in [-0.2, 0) is 9.84 Å². The number of nitriles is 1. The van der Waals surface area contributed by atoms with Crippen LogP contribution in [0.4, 0.5) is 5.69 Å². The van der Waals surface area contributed by atoms with Crippen molar-refractivity contribution in [3.63, 3.8) is 0 Å². The molecule has 1 aliphatic rings. The summed E-state index contributed by atoms with van der Waals surface area (Å²) in [6.45, 7) is 5.96. The fraction of sp³-hybridized carbons (Fsp3) is 0.438. The van der Waals surface area contributed by atoms with Gasteiger partial charge in [0.1, 0.15) is 11.9 Å². The van der Waals surface area contributed by atoms with Gasteiger partial charge in [-0.25, -0.2) is 8.42 Å². The van der Waals surface area contributed by atoms with Gasteiger partial charge in [-0.2, -0.15) is 5.26 Å². The van der Waals surface area contributed by atoms with Crippen LogP contribution in [0.1, 0.15) is 27.2 Å². The summed E-state index contributed by atoms with van der Waals surface area (Å²) in [7, 11) is -3.69. The molecule has 0 radical (unpaired) electrons. The molecule has 0 saturated carbocycles. The summed E-state index contributed by atoms with van der Waals surface area (Å²) < 4.78 is 34.5. The lowest BCUT2D eigenvalue weighted by atomic mass is 10.0. The smallest absolute Gasteiger partial charge is 0.231 e. The highest BCUT2D eigenvalue weighted by Gasteiger charge is 2.24. The molecule has 7 nitrogen and oxygen atoms in total. The van der Waals surface area contributed by atoms with Crippen molar-refractivity contribution in [3.8, 4) is 17.6 Å². The molecule has 0 atom stereocenters. The van der Waals surface area contributed by atoms with Gasteiger partial charge in [0.25, 0.3) is 0 Å².